The van der Waals surface area contributed by atoms with Gasteiger partial charge in [-0.25, -0.2) is 0 Å². The summed E-state index contributed by atoms with van der Waals surface area (Å²) in [4.78, 5) is 39.6. The second-order valence-corrected chi connectivity index (χ2v) is 8.05. The number of ether oxygens (including phenoxy) is 3. The number of ketones is 1. The molecule has 158 valence electrons. The van der Waals surface area contributed by atoms with Gasteiger partial charge in [-0.1, -0.05) is 6.07 Å². The second kappa shape index (κ2) is 6.90. The van der Waals surface area contributed by atoms with Gasteiger partial charge in [0.25, 0.3) is 5.79 Å². The molecule has 1 saturated heterocycles. The van der Waals surface area contributed by atoms with Gasteiger partial charge in [0.1, 0.15) is 11.5 Å². The Morgan fingerprint density at radius 1 is 1.03 bits per heavy atom. The zero-order chi connectivity index (χ0) is 21.7. The van der Waals surface area contributed by atoms with Crippen LogP contribution in [0.15, 0.2) is 41.0 Å². The summed E-state index contributed by atoms with van der Waals surface area (Å²) >= 11 is 0. The summed E-state index contributed by atoms with van der Waals surface area (Å²) in [6, 6.07) is 7.72. The van der Waals surface area contributed by atoms with Crippen LogP contribution in [0.5, 0.6) is 11.5 Å². The van der Waals surface area contributed by atoms with E-state index in [4.69, 9.17) is 18.6 Å². The summed E-state index contributed by atoms with van der Waals surface area (Å²) in [6.07, 6.45) is 1.28. The molecule has 2 aromatic rings. The van der Waals surface area contributed by atoms with Crippen molar-refractivity contribution in [3.8, 4) is 11.5 Å². The zero-order valence-electron chi connectivity index (χ0n) is 16.8. The SMILES string of the molecule is COc1cc([C@@H]2CC(=O)C[C@H](c3ccco3)C23C(=O)OC(C)(C)OC3=O)ccc1O. The van der Waals surface area contributed by atoms with Crippen LogP contribution in [0, 0.1) is 5.41 Å². The van der Waals surface area contributed by atoms with Crippen molar-refractivity contribution in [3.63, 3.8) is 0 Å². The minimum absolute atomic E-state index is 0.0656. The molecule has 8 nitrogen and oxygen atoms in total. The van der Waals surface area contributed by atoms with E-state index in [0.717, 1.165) is 0 Å². The van der Waals surface area contributed by atoms with E-state index in [-0.39, 0.29) is 30.1 Å². The molecule has 0 amide bonds. The van der Waals surface area contributed by atoms with Crippen molar-refractivity contribution >= 4 is 17.7 Å². The average Bonchev–Trinajstić information content (AvgIpc) is 3.20. The van der Waals surface area contributed by atoms with Crippen molar-refractivity contribution in [3.05, 3.63) is 47.9 Å². The molecular formula is C22H22O8. The fourth-order valence-corrected chi connectivity index (χ4v) is 4.50. The van der Waals surface area contributed by atoms with E-state index in [2.05, 4.69) is 0 Å². The Hall–Kier alpha value is -3.29. The minimum Gasteiger partial charge on any atom is -0.504 e. The Morgan fingerprint density at radius 2 is 1.70 bits per heavy atom. The molecule has 1 saturated carbocycles. The van der Waals surface area contributed by atoms with E-state index in [9.17, 15) is 19.5 Å². The molecule has 30 heavy (non-hydrogen) atoms. The maximum absolute atomic E-state index is 13.5. The number of phenolic OH excluding ortho intramolecular Hbond substituents is 1. The lowest BCUT2D eigenvalue weighted by Gasteiger charge is -2.49. The monoisotopic (exact) mass is 414 g/mol. The summed E-state index contributed by atoms with van der Waals surface area (Å²) < 4.78 is 21.7. The van der Waals surface area contributed by atoms with Gasteiger partial charge in [0, 0.05) is 32.6 Å². The molecule has 4 rings (SSSR count). The highest BCUT2D eigenvalue weighted by Crippen LogP contribution is 2.58. The predicted molar refractivity (Wildman–Crippen MR) is 102 cm³/mol. The van der Waals surface area contributed by atoms with Crippen LogP contribution in [-0.4, -0.2) is 35.7 Å². The number of carbonyl (C=O) groups is 3. The largest absolute Gasteiger partial charge is 0.504 e. The molecule has 2 aliphatic rings. The Kier molecular flexibility index (Phi) is 4.60. The van der Waals surface area contributed by atoms with Crippen LogP contribution in [0.1, 0.15) is 49.8 Å². The zero-order valence-corrected chi connectivity index (χ0v) is 16.8. The fourth-order valence-electron chi connectivity index (χ4n) is 4.50. The third kappa shape index (κ3) is 2.94. The molecule has 1 aliphatic carbocycles. The third-order valence-electron chi connectivity index (χ3n) is 5.81. The molecule has 8 heteroatoms. The highest BCUT2D eigenvalue weighted by molar-refractivity contribution is 6.06. The van der Waals surface area contributed by atoms with Gasteiger partial charge in [0.05, 0.1) is 19.3 Å². The first-order chi connectivity index (χ1) is 14.2. The number of methoxy groups -OCH3 is 1. The first-order valence-corrected chi connectivity index (χ1v) is 9.58. The minimum atomic E-state index is -1.82. The van der Waals surface area contributed by atoms with Crippen molar-refractivity contribution in [2.75, 3.05) is 7.11 Å². The van der Waals surface area contributed by atoms with E-state index in [1.54, 1.807) is 18.2 Å². The Labute approximate surface area is 172 Å². The molecule has 1 N–H and O–H groups in total. The molecular weight excluding hydrogens is 392 g/mol. The van der Waals surface area contributed by atoms with Crippen LogP contribution in [0.3, 0.4) is 0 Å². The molecule has 2 fully saturated rings. The summed E-state index contributed by atoms with van der Waals surface area (Å²) in [6.45, 7) is 2.95. The molecule has 0 radical (unpaired) electrons. The van der Waals surface area contributed by atoms with Crippen LogP contribution in [0.4, 0.5) is 0 Å². The number of hydrogen-bond donors (Lipinski definition) is 1. The standard InChI is InChI=1S/C22H22O8/c1-21(2)29-19(25)22(20(26)30-21)14(12-6-7-16(24)18(9-12)27-3)10-13(23)11-15(22)17-5-4-8-28-17/h4-9,14-15,24H,10-11H2,1-3H3/t14-,15+/m0/s1. The number of cyclic esters (lactones) is 2. The molecule has 0 bridgehead atoms. The first kappa shape index (κ1) is 20.0. The normalized spacial score (nSPS) is 25.0. The van der Waals surface area contributed by atoms with Crippen molar-refractivity contribution in [1.82, 2.24) is 0 Å². The fraction of sp³-hybridized carbons (Fsp3) is 0.409. The van der Waals surface area contributed by atoms with E-state index < -0.39 is 35.0 Å². The smallest absolute Gasteiger partial charge is 0.328 e. The Morgan fingerprint density at radius 3 is 2.30 bits per heavy atom. The quantitative estimate of drug-likeness (QED) is 0.602. The number of carbonyl (C=O) groups excluding carboxylic acids is 3. The maximum atomic E-state index is 13.5. The summed E-state index contributed by atoms with van der Waals surface area (Å²) in [5.41, 5.74) is -1.34. The summed E-state index contributed by atoms with van der Waals surface area (Å²) in [7, 11) is 1.39. The number of hydrogen-bond acceptors (Lipinski definition) is 8. The predicted octanol–water partition coefficient (Wildman–Crippen LogP) is 3.05. The first-order valence-electron chi connectivity index (χ1n) is 9.58. The Balaban J connectivity index is 1.94. The highest BCUT2D eigenvalue weighted by atomic mass is 16.7. The lowest BCUT2D eigenvalue weighted by molar-refractivity contribution is -0.256. The molecule has 2 atom stereocenters. The number of Topliss-reactive ketones (excluding diaryl/α,β-unsaturated/α-hetero) is 1. The van der Waals surface area contributed by atoms with Crippen LogP contribution in [0.2, 0.25) is 0 Å². The maximum Gasteiger partial charge on any atom is 0.328 e. The van der Waals surface area contributed by atoms with Crippen LogP contribution in [-0.2, 0) is 23.9 Å². The van der Waals surface area contributed by atoms with Gasteiger partial charge in [0.15, 0.2) is 16.9 Å². The van der Waals surface area contributed by atoms with Crippen molar-refractivity contribution in [2.24, 2.45) is 5.41 Å². The highest BCUT2D eigenvalue weighted by Gasteiger charge is 2.68. The van der Waals surface area contributed by atoms with E-state index in [0.29, 0.717) is 11.3 Å². The van der Waals surface area contributed by atoms with Gasteiger partial charge in [-0.15, -0.1) is 0 Å². The van der Waals surface area contributed by atoms with Crippen molar-refractivity contribution < 1.29 is 38.1 Å². The van der Waals surface area contributed by atoms with Gasteiger partial charge in [-0.3, -0.25) is 14.4 Å². The van der Waals surface area contributed by atoms with Crippen LogP contribution < -0.4 is 4.74 Å². The van der Waals surface area contributed by atoms with Gasteiger partial charge in [-0.05, 0) is 29.8 Å². The number of rotatable bonds is 3. The third-order valence-corrected chi connectivity index (χ3v) is 5.81. The molecule has 1 aromatic carbocycles. The number of benzene rings is 1. The Bertz CT molecular complexity index is 984. The van der Waals surface area contributed by atoms with Gasteiger partial charge < -0.3 is 23.7 Å². The molecule has 1 aromatic heterocycles. The number of furan rings is 1. The number of phenols is 1. The van der Waals surface area contributed by atoms with E-state index >= 15 is 0 Å². The lowest BCUT2D eigenvalue weighted by atomic mass is 9.56. The topological polar surface area (TPSA) is 112 Å². The lowest BCUT2D eigenvalue weighted by Crippen LogP contribution is -2.61. The summed E-state index contributed by atoms with van der Waals surface area (Å²) in [5, 5.41) is 9.97. The average molecular weight is 414 g/mol. The molecule has 2 heterocycles. The molecule has 0 unspecified atom stereocenters. The molecule has 1 spiro atoms. The van der Waals surface area contributed by atoms with Crippen LogP contribution >= 0.6 is 0 Å². The van der Waals surface area contributed by atoms with Gasteiger partial charge in [0.2, 0.25) is 0 Å². The van der Waals surface area contributed by atoms with Gasteiger partial charge >= 0.3 is 11.9 Å². The van der Waals surface area contributed by atoms with Crippen LogP contribution in [0.25, 0.3) is 0 Å². The van der Waals surface area contributed by atoms with E-state index in [1.165, 1.54) is 39.4 Å². The van der Waals surface area contributed by atoms with Crippen molar-refractivity contribution in [2.45, 2.75) is 44.3 Å². The van der Waals surface area contributed by atoms with Crippen molar-refractivity contribution in [1.29, 1.82) is 0 Å². The molecule has 1 aliphatic heterocycles. The number of aromatic hydroxyl groups is 1. The van der Waals surface area contributed by atoms with Gasteiger partial charge in [-0.2, -0.15) is 0 Å². The second-order valence-electron chi connectivity index (χ2n) is 8.05. The summed E-state index contributed by atoms with van der Waals surface area (Å²) in [5.74, 6) is -4.50. The van der Waals surface area contributed by atoms with E-state index in [1.807, 2.05) is 0 Å². The number of esters is 2.